The van der Waals surface area contributed by atoms with E-state index in [2.05, 4.69) is 22.6 Å². The number of nitrogens with zero attached hydrogens (tertiary/aromatic N) is 2. The average molecular weight is 348 g/mol. The summed E-state index contributed by atoms with van der Waals surface area (Å²) in [6.45, 7) is 1.70. The highest BCUT2D eigenvalue weighted by Crippen LogP contribution is 2.29. The molecule has 2 saturated heterocycles. The van der Waals surface area contributed by atoms with E-state index in [4.69, 9.17) is 0 Å². The predicted molar refractivity (Wildman–Crippen MR) is 96.2 cm³/mol. The minimum absolute atomic E-state index is 0.0749. The lowest BCUT2D eigenvalue weighted by atomic mass is 9.85. The Morgan fingerprint density at radius 1 is 0.880 bits per heavy atom. The Hall–Kier alpha value is -1.30. The minimum Gasteiger partial charge on any atom is -0.353 e. The van der Waals surface area contributed by atoms with Crippen LogP contribution in [0.5, 0.6) is 0 Å². The van der Waals surface area contributed by atoms with E-state index in [1.807, 2.05) is 4.90 Å². The van der Waals surface area contributed by atoms with Crippen molar-refractivity contribution in [2.45, 2.75) is 82.0 Å². The molecular weight excluding hydrogens is 316 g/mol. The van der Waals surface area contributed by atoms with Gasteiger partial charge in [0, 0.05) is 43.2 Å². The number of rotatable bonds is 3. The normalized spacial score (nSPS) is 36.0. The molecule has 3 amide bonds. The zero-order valence-electron chi connectivity index (χ0n) is 15.4. The van der Waals surface area contributed by atoms with Crippen molar-refractivity contribution in [1.82, 2.24) is 20.4 Å². The molecule has 4 atom stereocenters. The monoisotopic (exact) mass is 348 g/mol. The van der Waals surface area contributed by atoms with E-state index in [9.17, 15) is 9.59 Å². The molecule has 2 N–H and O–H groups in total. The number of amides is 3. The van der Waals surface area contributed by atoms with Crippen LogP contribution in [0.25, 0.3) is 0 Å². The van der Waals surface area contributed by atoms with Crippen molar-refractivity contribution in [3.8, 4) is 0 Å². The Bertz CT molecular complexity index is 522. The van der Waals surface area contributed by atoms with Crippen LogP contribution in [0, 0.1) is 5.92 Å². The Labute approximate surface area is 150 Å². The second-order valence-corrected chi connectivity index (χ2v) is 8.58. The van der Waals surface area contributed by atoms with Gasteiger partial charge in [-0.1, -0.05) is 6.42 Å². The first-order chi connectivity index (χ1) is 12.1. The quantitative estimate of drug-likeness (QED) is 0.816. The van der Waals surface area contributed by atoms with Crippen LogP contribution < -0.4 is 10.6 Å². The maximum Gasteiger partial charge on any atom is 0.317 e. The number of carbonyl (C=O) groups excluding carboxylic acids is 2. The summed E-state index contributed by atoms with van der Waals surface area (Å²) in [6, 6.07) is 1.81. The Balaban J connectivity index is 1.28. The lowest BCUT2D eigenvalue weighted by Crippen LogP contribution is -2.50. The molecule has 0 aromatic carbocycles. The third-order valence-corrected chi connectivity index (χ3v) is 6.73. The van der Waals surface area contributed by atoms with Gasteiger partial charge in [0.1, 0.15) is 0 Å². The number of urea groups is 1. The largest absolute Gasteiger partial charge is 0.353 e. The Morgan fingerprint density at radius 3 is 2.48 bits per heavy atom. The molecule has 4 unspecified atom stereocenters. The standard InChI is InChI=1S/C19H32N4O2/c1-22-16-7-8-17(22)12-23(10-9-16)19(25)21-15-4-2-3-13(11-15)18(24)20-14-5-6-14/h13-17H,2-12H2,1H3,(H,20,24)(H,21,25). The van der Waals surface area contributed by atoms with Crippen LogP contribution in [0.15, 0.2) is 0 Å². The van der Waals surface area contributed by atoms with E-state index in [1.165, 1.54) is 12.8 Å². The minimum atomic E-state index is 0.0749. The van der Waals surface area contributed by atoms with Crippen LogP contribution in [-0.2, 0) is 4.79 Å². The highest BCUT2D eigenvalue weighted by atomic mass is 16.2. The number of likely N-dealkylation sites (N-methyl/N-ethyl adjacent to an activating group) is 1. The van der Waals surface area contributed by atoms with Crippen LogP contribution in [0.4, 0.5) is 4.79 Å². The summed E-state index contributed by atoms with van der Waals surface area (Å²) in [5.74, 6) is 0.279. The van der Waals surface area contributed by atoms with Crippen molar-refractivity contribution in [3.63, 3.8) is 0 Å². The van der Waals surface area contributed by atoms with Crippen LogP contribution in [0.3, 0.4) is 0 Å². The molecule has 4 rings (SSSR count). The van der Waals surface area contributed by atoms with Gasteiger partial charge in [-0.2, -0.15) is 0 Å². The number of carbonyl (C=O) groups is 2. The molecule has 2 aliphatic carbocycles. The number of fused-ring (bicyclic) bond motifs is 2. The fraction of sp³-hybridized carbons (Fsp3) is 0.895. The second kappa shape index (κ2) is 7.14. The first-order valence-electron chi connectivity index (χ1n) is 10.2. The van der Waals surface area contributed by atoms with Gasteiger partial charge in [-0.25, -0.2) is 4.79 Å². The van der Waals surface area contributed by atoms with Gasteiger partial charge in [-0.05, 0) is 58.4 Å². The molecule has 4 aliphatic rings. The lowest BCUT2D eigenvalue weighted by molar-refractivity contribution is -0.126. The van der Waals surface area contributed by atoms with E-state index in [-0.39, 0.29) is 23.9 Å². The zero-order chi connectivity index (χ0) is 17.4. The molecule has 6 nitrogen and oxygen atoms in total. The van der Waals surface area contributed by atoms with E-state index in [0.29, 0.717) is 18.1 Å². The third-order valence-electron chi connectivity index (χ3n) is 6.73. The van der Waals surface area contributed by atoms with Gasteiger partial charge < -0.3 is 15.5 Å². The molecule has 140 valence electrons. The summed E-state index contributed by atoms with van der Waals surface area (Å²) >= 11 is 0. The highest BCUT2D eigenvalue weighted by Gasteiger charge is 2.37. The van der Waals surface area contributed by atoms with Crippen molar-refractivity contribution in [2.75, 3.05) is 20.1 Å². The Morgan fingerprint density at radius 2 is 1.68 bits per heavy atom. The van der Waals surface area contributed by atoms with Crippen molar-refractivity contribution in [3.05, 3.63) is 0 Å². The Kier molecular flexibility index (Phi) is 4.89. The molecule has 2 heterocycles. The average Bonchev–Trinajstić information content (AvgIpc) is 3.34. The summed E-state index contributed by atoms with van der Waals surface area (Å²) in [4.78, 5) is 29.5. The highest BCUT2D eigenvalue weighted by molar-refractivity contribution is 5.79. The first-order valence-corrected chi connectivity index (χ1v) is 10.2. The molecule has 0 spiro atoms. The van der Waals surface area contributed by atoms with Gasteiger partial charge in [-0.15, -0.1) is 0 Å². The summed E-state index contributed by atoms with van der Waals surface area (Å²) in [5, 5.41) is 6.36. The maximum absolute atomic E-state index is 12.8. The number of hydrogen-bond acceptors (Lipinski definition) is 3. The molecule has 25 heavy (non-hydrogen) atoms. The molecule has 0 aromatic rings. The second-order valence-electron chi connectivity index (χ2n) is 8.58. The van der Waals surface area contributed by atoms with Gasteiger partial charge in [-0.3, -0.25) is 9.69 Å². The summed E-state index contributed by atoms with van der Waals surface area (Å²) in [7, 11) is 2.20. The zero-order valence-corrected chi connectivity index (χ0v) is 15.4. The van der Waals surface area contributed by atoms with Gasteiger partial charge >= 0.3 is 6.03 Å². The van der Waals surface area contributed by atoms with Crippen molar-refractivity contribution < 1.29 is 9.59 Å². The van der Waals surface area contributed by atoms with Crippen LogP contribution >= 0.6 is 0 Å². The van der Waals surface area contributed by atoms with E-state index >= 15 is 0 Å². The van der Waals surface area contributed by atoms with Crippen LogP contribution in [0.1, 0.15) is 57.8 Å². The summed E-state index contributed by atoms with van der Waals surface area (Å²) < 4.78 is 0. The molecule has 2 saturated carbocycles. The first kappa shape index (κ1) is 17.1. The van der Waals surface area contributed by atoms with Gasteiger partial charge in [0.05, 0.1) is 0 Å². The fourth-order valence-electron chi connectivity index (χ4n) is 4.86. The van der Waals surface area contributed by atoms with E-state index in [0.717, 1.165) is 58.0 Å². The van der Waals surface area contributed by atoms with E-state index in [1.54, 1.807) is 0 Å². The van der Waals surface area contributed by atoms with Crippen LogP contribution in [-0.4, -0.2) is 66.0 Å². The fourth-order valence-corrected chi connectivity index (χ4v) is 4.86. The molecule has 6 heteroatoms. The lowest BCUT2D eigenvalue weighted by Gasteiger charge is -2.32. The van der Waals surface area contributed by atoms with Crippen molar-refractivity contribution in [2.24, 2.45) is 5.92 Å². The van der Waals surface area contributed by atoms with Gasteiger partial charge in [0.2, 0.25) is 5.91 Å². The topological polar surface area (TPSA) is 64.7 Å². The summed E-state index contributed by atoms with van der Waals surface area (Å²) in [5.41, 5.74) is 0. The van der Waals surface area contributed by atoms with Gasteiger partial charge in [0.25, 0.3) is 0 Å². The van der Waals surface area contributed by atoms with Gasteiger partial charge in [0.15, 0.2) is 0 Å². The molecule has 0 aromatic heterocycles. The number of hydrogen-bond donors (Lipinski definition) is 2. The predicted octanol–water partition coefficient (Wildman–Crippen LogP) is 1.70. The third kappa shape index (κ3) is 3.94. The number of likely N-dealkylation sites (tertiary alicyclic amines) is 1. The smallest absolute Gasteiger partial charge is 0.317 e. The van der Waals surface area contributed by atoms with Crippen molar-refractivity contribution in [1.29, 1.82) is 0 Å². The van der Waals surface area contributed by atoms with E-state index < -0.39 is 0 Å². The maximum atomic E-state index is 12.8. The summed E-state index contributed by atoms with van der Waals surface area (Å²) in [6.07, 6.45) is 9.61. The molecular formula is C19H32N4O2. The molecule has 2 aliphatic heterocycles. The molecule has 0 radical (unpaired) electrons. The molecule has 2 bridgehead atoms. The van der Waals surface area contributed by atoms with Crippen LogP contribution in [0.2, 0.25) is 0 Å². The SMILES string of the molecule is CN1C2CCC1CN(C(=O)NC1CCCC(C(=O)NC3CC3)C1)CC2. The molecule has 4 fully saturated rings. The van der Waals surface area contributed by atoms with Crippen molar-refractivity contribution >= 4 is 11.9 Å². The number of nitrogens with one attached hydrogen (secondary N) is 2.